The highest BCUT2D eigenvalue weighted by atomic mass is 16.5. The van der Waals surface area contributed by atoms with Crippen LogP contribution in [0.1, 0.15) is 35.3 Å². The maximum absolute atomic E-state index is 13.1. The lowest BCUT2D eigenvalue weighted by molar-refractivity contribution is -0.122. The quantitative estimate of drug-likeness (QED) is 0.792. The number of aryl methyl sites for hydroxylation is 1. The molecule has 0 N–H and O–H groups in total. The molecule has 0 aliphatic carbocycles. The molecule has 1 aromatic carbocycles. The SMILES string of the molecule is COc1ccc(C(=O)N2CCC3(CC2)CC(=O)N(C)c2cc(C)nn23)c(OC)c1. The zero-order valence-electron chi connectivity index (χ0n) is 17.3. The Kier molecular flexibility index (Phi) is 4.72. The van der Waals surface area contributed by atoms with E-state index >= 15 is 0 Å². The maximum Gasteiger partial charge on any atom is 0.257 e. The molecule has 8 nitrogen and oxygen atoms in total. The molecule has 0 saturated carbocycles. The van der Waals surface area contributed by atoms with Crippen LogP contribution in [-0.2, 0) is 10.3 Å². The number of anilines is 1. The average Bonchev–Trinajstić information content (AvgIpc) is 3.14. The Hall–Kier alpha value is -3.03. The third-order valence-corrected chi connectivity index (χ3v) is 6.08. The smallest absolute Gasteiger partial charge is 0.257 e. The number of methoxy groups -OCH3 is 2. The van der Waals surface area contributed by atoms with E-state index in [-0.39, 0.29) is 17.4 Å². The lowest BCUT2D eigenvalue weighted by Gasteiger charge is -2.46. The molecule has 1 spiro atoms. The summed E-state index contributed by atoms with van der Waals surface area (Å²) in [6, 6.07) is 7.15. The molecule has 2 amide bonds. The number of benzene rings is 1. The normalized spacial score (nSPS) is 18.0. The Morgan fingerprint density at radius 3 is 2.52 bits per heavy atom. The molecular weight excluding hydrogens is 372 g/mol. The van der Waals surface area contributed by atoms with Crippen LogP contribution < -0.4 is 14.4 Å². The number of carbonyl (C=O) groups excluding carboxylic acids is 2. The van der Waals surface area contributed by atoms with E-state index in [9.17, 15) is 9.59 Å². The number of carbonyl (C=O) groups is 2. The number of fused-ring (bicyclic) bond motifs is 2. The monoisotopic (exact) mass is 398 g/mol. The Morgan fingerprint density at radius 1 is 1.14 bits per heavy atom. The molecule has 0 bridgehead atoms. The number of piperidine rings is 1. The van der Waals surface area contributed by atoms with Crippen LogP contribution in [0.2, 0.25) is 0 Å². The number of rotatable bonds is 3. The van der Waals surface area contributed by atoms with Gasteiger partial charge in [0.2, 0.25) is 5.91 Å². The predicted octanol–water partition coefficient (Wildman–Crippen LogP) is 2.21. The lowest BCUT2D eigenvalue weighted by atomic mass is 9.82. The van der Waals surface area contributed by atoms with Gasteiger partial charge in [-0.3, -0.25) is 9.59 Å². The van der Waals surface area contributed by atoms with Crippen LogP contribution in [0.5, 0.6) is 11.5 Å². The van der Waals surface area contributed by atoms with Crippen LogP contribution in [0.4, 0.5) is 5.82 Å². The Morgan fingerprint density at radius 2 is 1.86 bits per heavy atom. The highest BCUT2D eigenvalue weighted by Gasteiger charge is 2.46. The van der Waals surface area contributed by atoms with Crippen LogP contribution in [0, 0.1) is 6.92 Å². The largest absolute Gasteiger partial charge is 0.497 e. The van der Waals surface area contributed by atoms with Gasteiger partial charge in [0, 0.05) is 32.3 Å². The first kappa shape index (κ1) is 19.3. The number of hydrogen-bond acceptors (Lipinski definition) is 5. The summed E-state index contributed by atoms with van der Waals surface area (Å²) in [6.45, 7) is 3.05. The molecule has 2 aliphatic heterocycles. The van der Waals surface area contributed by atoms with Gasteiger partial charge >= 0.3 is 0 Å². The number of aromatic nitrogens is 2. The van der Waals surface area contributed by atoms with Gasteiger partial charge in [0.05, 0.1) is 37.4 Å². The van der Waals surface area contributed by atoms with Crippen molar-refractivity contribution in [2.24, 2.45) is 0 Å². The van der Waals surface area contributed by atoms with Gasteiger partial charge in [0.1, 0.15) is 17.3 Å². The average molecular weight is 398 g/mol. The summed E-state index contributed by atoms with van der Waals surface area (Å²) in [5, 5.41) is 4.67. The van der Waals surface area contributed by atoms with Gasteiger partial charge in [0.25, 0.3) is 5.91 Å². The number of amides is 2. The molecule has 1 saturated heterocycles. The van der Waals surface area contributed by atoms with Gasteiger partial charge < -0.3 is 19.3 Å². The number of ether oxygens (including phenoxy) is 2. The summed E-state index contributed by atoms with van der Waals surface area (Å²) < 4.78 is 12.6. The molecule has 4 rings (SSSR count). The van der Waals surface area contributed by atoms with Crippen molar-refractivity contribution in [2.45, 2.75) is 31.7 Å². The molecule has 2 aromatic rings. The van der Waals surface area contributed by atoms with E-state index in [1.165, 1.54) is 0 Å². The topological polar surface area (TPSA) is 76.9 Å². The molecule has 8 heteroatoms. The minimum Gasteiger partial charge on any atom is -0.497 e. The van der Waals surface area contributed by atoms with Crippen molar-refractivity contribution < 1.29 is 19.1 Å². The van der Waals surface area contributed by atoms with Crippen molar-refractivity contribution in [3.63, 3.8) is 0 Å². The zero-order valence-corrected chi connectivity index (χ0v) is 17.3. The maximum atomic E-state index is 13.1. The van der Waals surface area contributed by atoms with Crippen molar-refractivity contribution in [1.82, 2.24) is 14.7 Å². The molecule has 2 aliphatic rings. The second-order valence-electron chi connectivity index (χ2n) is 7.77. The highest BCUT2D eigenvalue weighted by molar-refractivity contribution is 5.97. The summed E-state index contributed by atoms with van der Waals surface area (Å²) in [7, 11) is 4.91. The molecule has 0 atom stereocenters. The predicted molar refractivity (Wildman–Crippen MR) is 108 cm³/mol. The van der Waals surface area contributed by atoms with Crippen molar-refractivity contribution in [1.29, 1.82) is 0 Å². The van der Waals surface area contributed by atoms with Gasteiger partial charge in [-0.1, -0.05) is 0 Å². The minimum absolute atomic E-state index is 0.0736. The first-order chi connectivity index (χ1) is 13.9. The second kappa shape index (κ2) is 7.09. The van der Waals surface area contributed by atoms with Crippen LogP contribution in [-0.4, -0.2) is 60.9 Å². The van der Waals surface area contributed by atoms with E-state index in [1.807, 2.05) is 22.6 Å². The van der Waals surface area contributed by atoms with Gasteiger partial charge in [0.15, 0.2) is 0 Å². The van der Waals surface area contributed by atoms with Crippen LogP contribution in [0.3, 0.4) is 0 Å². The van der Waals surface area contributed by atoms with Crippen LogP contribution in [0.15, 0.2) is 24.3 Å². The van der Waals surface area contributed by atoms with Crippen molar-refractivity contribution in [3.05, 3.63) is 35.5 Å². The van der Waals surface area contributed by atoms with E-state index in [0.717, 1.165) is 11.5 Å². The summed E-state index contributed by atoms with van der Waals surface area (Å²) in [5.74, 6) is 1.98. The molecular formula is C21H26N4O4. The van der Waals surface area contributed by atoms with Crippen molar-refractivity contribution in [3.8, 4) is 11.5 Å². The lowest BCUT2D eigenvalue weighted by Crippen LogP contribution is -2.54. The van der Waals surface area contributed by atoms with E-state index in [4.69, 9.17) is 9.47 Å². The molecule has 29 heavy (non-hydrogen) atoms. The fourth-order valence-electron chi connectivity index (χ4n) is 4.34. The van der Waals surface area contributed by atoms with Gasteiger partial charge in [-0.05, 0) is 31.9 Å². The van der Waals surface area contributed by atoms with Crippen LogP contribution >= 0.6 is 0 Å². The molecule has 0 unspecified atom stereocenters. The van der Waals surface area contributed by atoms with Gasteiger partial charge in [-0.2, -0.15) is 5.10 Å². The Labute approximate surface area is 170 Å². The fourth-order valence-corrected chi connectivity index (χ4v) is 4.34. The first-order valence-corrected chi connectivity index (χ1v) is 9.73. The molecule has 1 fully saturated rings. The Bertz CT molecular complexity index is 960. The fraction of sp³-hybridized carbons (Fsp3) is 0.476. The summed E-state index contributed by atoms with van der Waals surface area (Å²) >= 11 is 0. The zero-order chi connectivity index (χ0) is 20.8. The molecule has 1 aromatic heterocycles. The standard InChI is InChI=1S/C21H26N4O4/c1-14-11-18-23(2)19(26)13-21(25(18)22-14)7-9-24(10-8-21)20(27)16-6-5-15(28-3)12-17(16)29-4/h5-6,11-12H,7-10,13H2,1-4H3. The summed E-state index contributed by atoms with van der Waals surface area (Å²) in [6.07, 6.45) is 1.78. The molecule has 0 radical (unpaired) electrons. The second-order valence-corrected chi connectivity index (χ2v) is 7.77. The summed E-state index contributed by atoms with van der Waals surface area (Å²) in [4.78, 5) is 29.2. The van der Waals surface area contributed by atoms with Crippen molar-refractivity contribution >= 4 is 17.6 Å². The van der Waals surface area contributed by atoms with Gasteiger partial charge in [-0.25, -0.2) is 4.68 Å². The third kappa shape index (κ3) is 3.12. The first-order valence-electron chi connectivity index (χ1n) is 9.73. The highest BCUT2D eigenvalue weighted by Crippen LogP contribution is 2.41. The van der Waals surface area contributed by atoms with E-state index in [2.05, 4.69) is 5.10 Å². The molecule has 3 heterocycles. The summed E-state index contributed by atoms with van der Waals surface area (Å²) in [5.41, 5.74) is 1.04. The van der Waals surface area contributed by atoms with E-state index in [1.54, 1.807) is 44.4 Å². The Balaban J connectivity index is 1.56. The van der Waals surface area contributed by atoms with Gasteiger partial charge in [-0.15, -0.1) is 0 Å². The molecule has 154 valence electrons. The number of hydrogen-bond donors (Lipinski definition) is 0. The van der Waals surface area contributed by atoms with E-state index in [0.29, 0.717) is 49.4 Å². The third-order valence-electron chi connectivity index (χ3n) is 6.08. The number of nitrogens with zero attached hydrogens (tertiary/aromatic N) is 4. The number of likely N-dealkylation sites (tertiary alicyclic amines) is 1. The van der Waals surface area contributed by atoms with Crippen molar-refractivity contribution in [2.75, 3.05) is 39.3 Å². The minimum atomic E-state index is -0.367. The van der Waals surface area contributed by atoms with Crippen LogP contribution in [0.25, 0.3) is 0 Å². The van der Waals surface area contributed by atoms with E-state index < -0.39 is 0 Å².